The van der Waals surface area contributed by atoms with Gasteiger partial charge >= 0.3 is 0 Å². The number of likely N-dealkylation sites (N-methyl/N-ethyl adjacent to an activating group) is 1. The van der Waals surface area contributed by atoms with Crippen LogP contribution in [0.1, 0.15) is 36.0 Å². The zero-order chi connectivity index (χ0) is 19.2. The Morgan fingerprint density at radius 3 is 2.74 bits per heavy atom. The van der Waals surface area contributed by atoms with E-state index in [-0.39, 0.29) is 11.6 Å². The van der Waals surface area contributed by atoms with E-state index in [1.54, 1.807) is 6.26 Å². The van der Waals surface area contributed by atoms with Gasteiger partial charge in [0.1, 0.15) is 17.1 Å². The molecule has 0 radical (unpaired) electrons. The average Bonchev–Trinajstić information content (AvgIpc) is 3.38. The lowest BCUT2D eigenvalue weighted by atomic mass is 10.1. The predicted molar refractivity (Wildman–Crippen MR) is 105 cm³/mol. The first-order valence-electron chi connectivity index (χ1n) is 8.82. The van der Waals surface area contributed by atoms with Gasteiger partial charge in [-0.05, 0) is 36.7 Å². The Hall–Kier alpha value is -2.71. The number of aromatic amines is 1. The van der Waals surface area contributed by atoms with Gasteiger partial charge in [-0.1, -0.05) is 19.9 Å². The summed E-state index contributed by atoms with van der Waals surface area (Å²) < 4.78 is 5.53. The third-order valence-corrected chi connectivity index (χ3v) is 5.26. The summed E-state index contributed by atoms with van der Waals surface area (Å²) in [7, 11) is 0. The third kappa shape index (κ3) is 4.35. The molecule has 0 saturated carbocycles. The van der Waals surface area contributed by atoms with Gasteiger partial charge in [0.05, 0.1) is 17.2 Å². The Morgan fingerprint density at radius 2 is 2.15 bits per heavy atom. The van der Waals surface area contributed by atoms with E-state index in [4.69, 9.17) is 4.42 Å². The lowest BCUT2D eigenvalue weighted by Crippen LogP contribution is -2.39. The molecule has 1 amide bonds. The number of carbonyl (C=O) groups is 1. The normalized spacial score (nSPS) is 12.3. The molecule has 0 bridgehead atoms. The molecule has 27 heavy (non-hydrogen) atoms. The summed E-state index contributed by atoms with van der Waals surface area (Å²) in [6.07, 6.45) is 2.94. The molecular weight excluding hydrogens is 364 g/mol. The van der Waals surface area contributed by atoms with Crippen LogP contribution in [0.3, 0.4) is 0 Å². The molecule has 0 saturated heterocycles. The van der Waals surface area contributed by atoms with Gasteiger partial charge in [0.15, 0.2) is 0 Å². The summed E-state index contributed by atoms with van der Waals surface area (Å²) in [5.74, 6) is 0.785. The third-order valence-electron chi connectivity index (χ3n) is 4.38. The number of thiophene rings is 1. The number of carbonyl (C=O) groups excluding carboxylic acids is 1. The van der Waals surface area contributed by atoms with Crippen molar-refractivity contribution < 1.29 is 9.21 Å². The lowest BCUT2D eigenvalue weighted by Gasteiger charge is -2.28. The summed E-state index contributed by atoms with van der Waals surface area (Å²) in [6, 6.07) is 7.35. The zero-order valence-corrected chi connectivity index (χ0v) is 16.1. The van der Waals surface area contributed by atoms with Crippen molar-refractivity contribution in [2.75, 3.05) is 19.6 Å². The first kappa shape index (κ1) is 19.1. The van der Waals surface area contributed by atoms with Gasteiger partial charge in [-0.15, -0.1) is 11.3 Å². The van der Waals surface area contributed by atoms with Gasteiger partial charge in [-0.2, -0.15) is 0 Å². The smallest absolute Gasteiger partial charge is 0.264 e. The highest BCUT2D eigenvalue weighted by atomic mass is 32.1. The number of hydrogen-bond donors (Lipinski definition) is 2. The molecule has 0 aliphatic heterocycles. The van der Waals surface area contributed by atoms with E-state index in [2.05, 4.69) is 34.0 Å². The van der Waals surface area contributed by atoms with Gasteiger partial charge in [-0.25, -0.2) is 4.98 Å². The van der Waals surface area contributed by atoms with Crippen LogP contribution in [-0.2, 0) is 0 Å². The molecule has 0 aliphatic rings. The van der Waals surface area contributed by atoms with E-state index in [1.807, 2.05) is 29.6 Å². The van der Waals surface area contributed by atoms with Crippen LogP contribution in [-0.4, -0.2) is 40.4 Å². The second-order valence-corrected chi connectivity index (χ2v) is 6.86. The van der Waals surface area contributed by atoms with E-state index in [0.717, 1.165) is 23.7 Å². The fourth-order valence-corrected chi connectivity index (χ4v) is 3.61. The molecule has 0 spiro atoms. The van der Waals surface area contributed by atoms with E-state index in [9.17, 15) is 9.59 Å². The van der Waals surface area contributed by atoms with Crippen LogP contribution in [0.15, 0.2) is 51.3 Å². The topological polar surface area (TPSA) is 91.2 Å². The van der Waals surface area contributed by atoms with Crippen molar-refractivity contribution in [2.24, 2.45) is 0 Å². The summed E-state index contributed by atoms with van der Waals surface area (Å²) in [4.78, 5) is 34.7. The number of H-pyrrole nitrogens is 1. The molecule has 2 N–H and O–H groups in total. The number of rotatable bonds is 8. The first-order chi connectivity index (χ1) is 13.1. The zero-order valence-electron chi connectivity index (χ0n) is 15.3. The van der Waals surface area contributed by atoms with Gasteiger partial charge in [-0.3, -0.25) is 14.5 Å². The second kappa shape index (κ2) is 8.79. The summed E-state index contributed by atoms with van der Waals surface area (Å²) in [5.41, 5.74) is -0.462. The van der Waals surface area contributed by atoms with Crippen molar-refractivity contribution >= 4 is 17.2 Å². The van der Waals surface area contributed by atoms with E-state index in [0.29, 0.717) is 12.4 Å². The lowest BCUT2D eigenvalue weighted by molar-refractivity contribution is 0.0928. The van der Waals surface area contributed by atoms with E-state index >= 15 is 0 Å². The maximum absolute atomic E-state index is 12.5. The van der Waals surface area contributed by atoms with Crippen molar-refractivity contribution in [2.45, 2.75) is 19.9 Å². The van der Waals surface area contributed by atoms with Gasteiger partial charge in [0.25, 0.3) is 11.5 Å². The van der Waals surface area contributed by atoms with Gasteiger partial charge in [0.2, 0.25) is 0 Å². The molecular formula is C19H22N4O3S. The molecule has 3 rings (SSSR count). The minimum atomic E-state index is -0.455. The summed E-state index contributed by atoms with van der Waals surface area (Å²) >= 11 is 1.47. The number of nitrogens with zero attached hydrogens (tertiary/aromatic N) is 2. The van der Waals surface area contributed by atoms with Crippen LogP contribution >= 0.6 is 11.3 Å². The molecule has 0 aromatic carbocycles. The second-order valence-electron chi connectivity index (χ2n) is 5.91. The Balaban J connectivity index is 1.73. The SMILES string of the molecule is CCN(CC)C(CNC(=O)c1cnc(-c2cccs2)[nH]c1=O)c1ccco1. The van der Waals surface area contributed by atoms with E-state index in [1.165, 1.54) is 17.5 Å². The van der Waals surface area contributed by atoms with Crippen molar-refractivity contribution in [3.63, 3.8) is 0 Å². The average molecular weight is 386 g/mol. The molecule has 3 heterocycles. The highest BCUT2D eigenvalue weighted by molar-refractivity contribution is 7.13. The fourth-order valence-electron chi connectivity index (χ4n) is 2.93. The minimum absolute atomic E-state index is 0.00644. The monoisotopic (exact) mass is 386 g/mol. The Bertz CT molecular complexity index is 915. The standard InChI is InChI=1S/C19H22N4O3S/c1-3-23(4-2)14(15-7-5-9-26-15)12-21-18(24)13-11-20-17(22-19(13)25)16-8-6-10-27-16/h5-11,14H,3-4,12H2,1-2H3,(H,21,24)(H,20,22,25). The molecule has 1 unspecified atom stereocenters. The van der Waals surface area contributed by atoms with Crippen molar-refractivity contribution in [3.8, 4) is 10.7 Å². The number of nitrogens with one attached hydrogen (secondary N) is 2. The fraction of sp³-hybridized carbons (Fsp3) is 0.316. The highest BCUT2D eigenvalue weighted by Gasteiger charge is 2.22. The summed E-state index contributed by atoms with van der Waals surface area (Å²) in [6.45, 7) is 6.07. The first-order valence-corrected chi connectivity index (χ1v) is 9.70. The van der Waals surface area contributed by atoms with Crippen LogP contribution < -0.4 is 10.9 Å². The number of amides is 1. The molecule has 3 aromatic rings. The maximum atomic E-state index is 12.5. The van der Waals surface area contributed by atoms with Crippen molar-refractivity contribution in [1.82, 2.24) is 20.2 Å². The molecule has 142 valence electrons. The molecule has 0 fully saturated rings. The Morgan fingerprint density at radius 1 is 1.33 bits per heavy atom. The van der Waals surface area contributed by atoms with E-state index < -0.39 is 11.5 Å². The predicted octanol–water partition coefficient (Wildman–Crippen LogP) is 2.90. The van der Waals surface area contributed by atoms with Crippen LogP contribution in [0, 0.1) is 0 Å². The molecule has 0 aliphatic carbocycles. The molecule has 7 nitrogen and oxygen atoms in total. The van der Waals surface area contributed by atoms with Crippen molar-refractivity contribution in [3.05, 3.63) is 63.8 Å². The number of hydrogen-bond acceptors (Lipinski definition) is 6. The highest BCUT2D eigenvalue weighted by Crippen LogP contribution is 2.21. The molecule has 1 atom stereocenters. The Labute approximate surface area is 161 Å². The largest absolute Gasteiger partial charge is 0.468 e. The molecule has 8 heteroatoms. The Kier molecular flexibility index (Phi) is 6.20. The number of furan rings is 1. The quantitative estimate of drug-likeness (QED) is 0.621. The maximum Gasteiger partial charge on any atom is 0.264 e. The number of aromatic nitrogens is 2. The van der Waals surface area contributed by atoms with Crippen LogP contribution in [0.5, 0.6) is 0 Å². The van der Waals surface area contributed by atoms with Gasteiger partial charge in [0, 0.05) is 12.7 Å². The molecule has 3 aromatic heterocycles. The van der Waals surface area contributed by atoms with Gasteiger partial charge < -0.3 is 14.7 Å². The van der Waals surface area contributed by atoms with Crippen LogP contribution in [0.4, 0.5) is 0 Å². The minimum Gasteiger partial charge on any atom is -0.468 e. The summed E-state index contributed by atoms with van der Waals surface area (Å²) in [5, 5.41) is 4.73. The van der Waals surface area contributed by atoms with Crippen LogP contribution in [0.2, 0.25) is 0 Å². The van der Waals surface area contributed by atoms with Crippen LogP contribution in [0.25, 0.3) is 10.7 Å². The van der Waals surface area contributed by atoms with Crippen molar-refractivity contribution in [1.29, 1.82) is 0 Å².